The van der Waals surface area contributed by atoms with E-state index in [1.54, 1.807) is 0 Å². The largest absolute Gasteiger partial charge is 0.396 e. The molecule has 0 aromatic heterocycles. The van der Waals surface area contributed by atoms with Gasteiger partial charge >= 0.3 is 0 Å². The summed E-state index contributed by atoms with van der Waals surface area (Å²) in [6.07, 6.45) is 3.50. The minimum Gasteiger partial charge on any atom is -0.396 e. The topological polar surface area (TPSA) is 32.7 Å². The average Bonchev–Trinajstić information content (AvgIpc) is 2.30. The van der Waals surface area contributed by atoms with Crippen LogP contribution in [0.3, 0.4) is 0 Å². The van der Waals surface area contributed by atoms with Crippen LogP contribution < -0.4 is 0 Å². The Hall–Kier alpha value is -0.120. The quantitative estimate of drug-likeness (QED) is 0.753. The van der Waals surface area contributed by atoms with E-state index in [2.05, 4.69) is 25.8 Å². The Balaban J connectivity index is 2.30. The van der Waals surface area contributed by atoms with E-state index in [-0.39, 0.29) is 12.0 Å². The molecule has 0 aromatic rings. The molecule has 1 heterocycles. The number of aliphatic hydroxyl groups excluding tert-OH is 1. The van der Waals surface area contributed by atoms with E-state index in [1.807, 2.05) is 0 Å². The number of hydrogen-bond acceptors (Lipinski definition) is 3. The van der Waals surface area contributed by atoms with Crippen LogP contribution in [0.5, 0.6) is 0 Å². The SMILES string of the molecule is CCC(C)(CO)CN(C)CC1CCCOC1. The van der Waals surface area contributed by atoms with E-state index in [4.69, 9.17) is 4.74 Å². The highest BCUT2D eigenvalue weighted by Crippen LogP contribution is 2.22. The van der Waals surface area contributed by atoms with Crippen molar-refractivity contribution < 1.29 is 9.84 Å². The molecule has 16 heavy (non-hydrogen) atoms. The zero-order valence-electron chi connectivity index (χ0n) is 11.0. The van der Waals surface area contributed by atoms with Gasteiger partial charge in [0.25, 0.3) is 0 Å². The predicted molar refractivity (Wildman–Crippen MR) is 66.5 cm³/mol. The molecular weight excluding hydrogens is 202 g/mol. The summed E-state index contributed by atoms with van der Waals surface area (Å²) in [5.74, 6) is 0.679. The van der Waals surface area contributed by atoms with Crippen molar-refractivity contribution in [2.45, 2.75) is 33.1 Å². The second kappa shape index (κ2) is 6.58. The maximum Gasteiger partial charge on any atom is 0.0506 e. The summed E-state index contributed by atoms with van der Waals surface area (Å²) in [7, 11) is 2.15. The zero-order chi connectivity index (χ0) is 12.0. The first-order chi connectivity index (χ1) is 7.59. The second-order valence-electron chi connectivity index (χ2n) is 5.60. The highest BCUT2D eigenvalue weighted by Gasteiger charge is 2.24. The molecule has 1 aliphatic rings. The summed E-state index contributed by atoms with van der Waals surface area (Å²) >= 11 is 0. The smallest absolute Gasteiger partial charge is 0.0506 e. The molecule has 3 nitrogen and oxygen atoms in total. The summed E-state index contributed by atoms with van der Waals surface area (Å²) < 4.78 is 5.49. The number of hydrogen-bond donors (Lipinski definition) is 1. The van der Waals surface area contributed by atoms with Gasteiger partial charge in [-0.15, -0.1) is 0 Å². The summed E-state index contributed by atoms with van der Waals surface area (Å²) in [4.78, 5) is 2.35. The van der Waals surface area contributed by atoms with Gasteiger partial charge in [-0.1, -0.05) is 13.8 Å². The average molecular weight is 229 g/mol. The Kier molecular flexibility index (Phi) is 5.73. The highest BCUT2D eigenvalue weighted by atomic mass is 16.5. The Morgan fingerprint density at radius 2 is 2.25 bits per heavy atom. The zero-order valence-corrected chi connectivity index (χ0v) is 11.0. The molecule has 0 aliphatic carbocycles. The Morgan fingerprint density at radius 3 is 2.75 bits per heavy atom. The maximum absolute atomic E-state index is 9.39. The first-order valence-corrected chi connectivity index (χ1v) is 6.47. The van der Waals surface area contributed by atoms with Gasteiger partial charge in [0.2, 0.25) is 0 Å². The Morgan fingerprint density at radius 1 is 1.50 bits per heavy atom. The van der Waals surface area contributed by atoms with Gasteiger partial charge < -0.3 is 14.7 Å². The molecule has 1 N–H and O–H groups in total. The molecular formula is C13H27NO2. The van der Waals surface area contributed by atoms with E-state index in [1.165, 1.54) is 12.8 Å². The van der Waals surface area contributed by atoms with Gasteiger partial charge in [-0.05, 0) is 32.2 Å². The van der Waals surface area contributed by atoms with E-state index in [0.717, 1.165) is 32.7 Å². The minimum absolute atomic E-state index is 0.0459. The van der Waals surface area contributed by atoms with E-state index in [0.29, 0.717) is 5.92 Å². The lowest BCUT2D eigenvalue weighted by Crippen LogP contribution is -2.39. The van der Waals surface area contributed by atoms with Crippen LogP contribution in [0.15, 0.2) is 0 Å². The fourth-order valence-electron chi connectivity index (χ4n) is 2.38. The summed E-state index contributed by atoms with van der Waals surface area (Å²) in [5, 5.41) is 9.39. The standard InChI is InChI=1S/C13H27NO2/c1-4-13(2,11-15)10-14(3)8-12-6-5-7-16-9-12/h12,15H,4-11H2,1-3H3. The molecule has 1 aliphatic heterocycles. The molecule has 0 amide bonds. The van der Waals surface area contributed by atoms with Gasteiger partial charge in [0.1, 0.15) is 0 Å². The van der Waals surface area contributed by atoms with Crippen LogP contribution in [0.1, 0.15) is 33.1 Å². The molecule has 2 unspecified atom stereocenters. The number of rotatable bonds is 6. The van der Waals surface area contributed by atoms with Gasteiger partial charge in [0.15, 0.2) is 0 Å². The second-order valence-corrected chi connectivity index (χ2v) is 5.60. The van der Waals surface area contributed by atoms with Gasteiger partial charge in [-0.25, -0.2) is 0 Å². The number of aliphatic hydroxyl groups is 1. The Bertz CT molecular complexity index is 186. The molecule has 0 saturated carbocycles. The van der Waals surface area contributed by atoms with Crippen LogP contribution >= 0.6 is 0 Å². The lowest BCUT2D eigenvalue weighted by atomic mass is 9.87. The van der Waals surface area contributed by atoms with Gasteiger partial charge in [-0.2, -0.15) is 0 Å². The van der Waals surface area contributed by atoms with Crippen LogP contribution in [0, 0.1) is 11.3 Å². The molecule has 2 atom stereocenters. The lowest BCUT2D eigenvalue weighted by Gasteiger charge is -2.34. The van der Waals surface area contributed by atoms with E-state index in [9.17, 15) is 5.11 Å². The van der Waals surface area contributed by atoms with Crippen LogP contribution in [0.4, 0.5) is 0 Å². The van der Waals surface area contributed by atoms with Crippen molar-refractivity contribution in [1.82, 2.24) is 4.90 Å². The summed E-state index contributed by atoms with van der Waals surface area (Å²) in [6.45, 7) is 8.48. The first kappa shape index (κ1) is 13.9. The van der Waals surface area contributed by atoms with E-state index < -0.39 is 0 Å². The maximum atomic E-state index is 9.39. The summed E-state index contributed by atoms with van der Waals surface area (Å²) in [5.41, 5.74) is 0.0459. The molecule has 0 spiro atoms. The third-order valence-electron chi connectivity index (χ3n) is 3.71. The van der Waals surface area contributed by atoms with Crippen molar-refractivity contribution in [3.05, 3.63) is 0 Å². The van der Waals surface area contributed by atoms with E-state index >= 15 is 0 Å². The predicted octanol–water partition coefficient (Wildman–Crippen LogP) is 1.75. The molecule has 1 fully saturated rings. The van der Waals surface area contributed by atoms with Crippen molar-refractivity contribution in [3.8, 4) is 0 Å². The third-order valence-corrected chi connectivity index (χ3v) is 3.71. The number of ether oxygens (including phenoxy) is 1. The van der Waals surface area contributed by atoms with Crippen molar-refractivity contribution in [2.24, 2.45) is 11.3 Å². The highest BCUT2D eigenvalue weighted by molar-refractivity contribution is 4.77. The van der Waals surface area contributed by atoms with Crippen molar-refractivity contribution in [1.29, 1.82) is 0 Å². The molecule has 0 radical (unpaired) electrons. The molecule has 96 valence electrons. The van der Waals surface area contributed by atoms with Crippen molar-refractivity contribution in [3.63, 3.8) is 0 Å². The lowest BCUT2D eigenvalue weighted by molar-refractivity contribution is 0.0298. The van der Waals surface area contributed by atoms with Crippen molar-refractivity contribution >= 4 is 0 Å². The minimum atomic E-state index is 0.0459. The Labute approximate surface area is 99.8 Å². The van der Waals surface area contributed by atoms with Gasteiger partial charge in [0.05, 0.1) is 6.61 Å². The fourth-order valence-corrected chi connectivity index (χ4v) is 2.38. The summed E-state index contributed by atoms with van der Waals surface area (Å²) in [6, 6.07) is 0. The molecule has 1 rings (SSSR count). The molecule has 3 heteroatoms. The van der Waals surface area contributed by atoms with Crippen molar-refractivity contribution in [2.75, 3.05) is 40.0 Å². The molecule has 1 saturated heterocycles. The third kappa shape index (κ3) is 4.40. The first-order valence-electron chi connectivity index (χ1n) is 6.47. The normalized spacial score (nSPS) is 25.7. The van der Waals surface area contributed by atoms with Crippen LogP contribution in [0.2, 0.25) is 0 Å². The fraction of sp³-hybridized carbons (Fsp3) is 1.00. The van der Waals surface area contributed by atoms with Crippen LogP contribution in [-0.2, 0) is 4.74 Å². The molecule has 0 bridgehead atoms. The van der Waals surface area contributed by atoms with Gasteiger partial charge in [0, 0.05) is 31.7 Å². The van der Waals surface area contributed by atoms with Crippen LogP contribution in [0.25, 0.3) is 0 Å². The van der Waals surface area contributed by atoms with Crippen LogP contribution in [-0.4, -0.2) is 50.0 Å². The monoisotopic (exact) mass is 229 g/mol. The number of nitrogens with zero attached hydrogens (tertiary/aromatic N) is 1. The van der Waals surface area contributed by atoms with Gasteiger partial charge in [-0.3, -0.25) is 0 Å². The molecule has 0 aromatic carbocycles.